The largest absolute Gasteiger partial charge is 0.508 e. The molecule has 2 rings (SSSR count). The van der Waals surface area contributed by atoms with Crippen LogP contribution in [0.2, 0.25) is 0 Å². The Labute approximate surface area is 111 Å². The van der Waals surface area contributed by atoms with Gasteiger partial charge in [-0.15, -0.1) is 0 Å². The SMILES string of the molecule is CCc1cc(C(=O)Nc2ccc(C)c(O)c2)n(C)n1. The van der Waals surface area contributed by atoms with E-state index in [0.717, 1.165) is 17.7 Å². The van der Waals surface area contributed by atoms with Crippen molar-refractivity contribution in [3.63, 3.8) is 0 Å². The van der Waals surface area contributed by atoms with Crippen molar-refractivity contribution in [2.45, 2.75) is 20.3 Å². The van der Waals surface area contributed by atoms with Gasteiger partial charge >= 0.3 is 0 Å². The minimum absolute atomic E-state index is 0.164. The van der Waals surface area contributed by atoms with Crippen LogP contribution in [0.4, 0.5) is 5.69 Å². The van der Waals surface area contributed by atoms with Crippen LogP contribution in [0.5, 0.6) is 5.75 Å². The molecular weight excluding hydrogens is 242 g/mol. The first-order valence-corrected chi connectivity index (χ1v) is 6.15. The average Bonchev–Trinajstić information content (AvgIpc) is 2.75. The second-order valence-electron chi connectivity index (χ2n) is 4.45. The summed E-state index contributed by atoms with van der Waals surface area (Å²) >= 11 is 0. The van der Waals surface area contributed by atoms with Gasteiger partial charge in [-0.2, -0.15) is 5.10 Å². The van der Waals surface area contributed by atoms with E-state index in [1.165, 1.54) is 6.07 Å². The number of phenolic OH excluding ortho intramolecular Hbond substituents is 1. The van der Waals surface area contributed by atoms with Gasteiger partial charge in [0.2, 0.25) is 0 Å². The maximum absolute atomic E-state index is 12.1. The number of nitrogens with one attached hydrogen (secondary N) is 1. The van der Waals surface area contributed by atoms with Crippen molar-refractivity contribution >= 4 is 11.6 Å². The van der Waals surface area contributed by atoms with Gasteiger partial charge in [-0.1, -0.05) is 13.0 Å². The van der Waals surface area contributed by atoms with E-state index in [4.69, 9.17) is 0 Å². The summed E-state index contributed by atoms with van der Waals surface area (Å²) in [6.07, 6.45) is 0.784. The van der Waals surface area contributed by atoms with Crippen molar-refractivity contribution in [2.75, 3.05) is 5.32 Å². The molecule has 5 heteroatoms. The summed E-state index contributed by atoms with van der Waals surface area (Å²) < 4.78 is 1.56. The summed E-state index contributed by atoms with van der Waals surface area (Å²) in [5.41, 5.74) is 2.70. The summed E-state index contributed by atoms with van der Waals surface area (Å²) in [5, 5.41) is 16.6. The maximum atomic E-state index is 12.1. The van der Waals surface area contributed by atoms with Gasteiger partial charge in [0.25, 0.3) is 5.91 Å². The number of amides is 1. The van der Waals surface area contributed by atoms with E-state index in [2.05, 4.69) is 10.4 Å². The third-order valence-electron chi connectivity index (χ3n) is 2.99. The second kappa shape index (κ2) is 5.14. The van der Waals surface area contributed by atoms with Gasteiger partial charge in [-0.25, -0.2) is 0 Å². The van der Waals surface area contributed by atoms with E-state index >= 15 is 0 Å². The number of rotatable bonds is 3. The lowest BCUT2D eigenvalue weighted by Crippen LogP contribution is -2.15. The van der Waals surface area contributed by atoms with Crippen LogP contribution >= 0.6 is 0 Å². The molecule has 1 amide bonds. The van der Waals surface area contributed by atoms with Crippen molar-refractivity contribution in [3.8, 4) is 5.75 Å². The molecule has 2 aromatic rings. The first-order valence-electron chi connectivity index (χ1n) is 6.15. The van der Waals surface area contributed by atoms with Crippen molar-refractivity contribution in [1.82, 2.24) is 9.78 Å². The zero-order chi connectivity index (χ0) is 14.0. The highest BCUT2D eigenvalue weighted by molar-refractivity contribution is 6.03. The Hall–Kier alpha value is -2.30. The van der Waals surface area contributed by atoms with E-state index in [1.54, 1.807) is 36.9 Å². The molecule has 2 N–H and O–H groups in total. The van der Waals surface area contributed by atoms with Crippen molar-refractivity contribution in [2.24, 2.45) is 7.05 Å². The van der Waals surface area contributed by atoms with Crippen LogP contribution in [0.1, 0.15) is 28.7 Å². The Bertz CT molecular complexity index is 617. The molecule has 1 heterocycles. The lowest BCUT2D eigenvalue weighted by atomic mass is 10.2. The van der Waals surface area contributed by atoms with E-state index in [1.807, 2.05) is 6.92 Å². The Kier molecular flexibility index (Phi) is 3.55. The number of benzene rings is 1. The van der Waals surface area contributed by atoms with Gasteiger partial charge in [0, 0.05) is 18.8 Å². The van der Waals surface area contributed by atoms with Crippen molar-refractivity contribution < 1.29 is 9.90 Å². The zero-order valence-corrected chi connectivity index (χ0v) is 11.3. The van der Waals surface area contributed by atoms with Gasteiger partial charge in [0.1, 0.15) is 11.4 Å². The Morgan fingerprint density at radius 3 is 2.74 bits per heavy atom. The van der Waals surface area contributed by atoms with Crippen LogP contribution in [-0.4, -0.2) is 20.8 Å². The molecule has 0 unspecified atom stereocenters. The molecule has 0 atom stereocenters. The molecule has 0 spiro atoms. The van der Waals surface area contributed by atoms with E-state index < -0.39 is 0 Å². The molecule has 5 nitrogen and oxygen atoms in total. The number of carbonyl (C=O) groups excluding carboxylic acids is 1. The van der Waals surface area contributed by atoms with Gasteiger partial charge in [-0.3, -0.25) is 9.48 Å². The summed E-state index contributed by atoms with van der Waals surface area (Å²) in [6.45, 7) is 3.79. The summed E-state index contributed by atoms with van der Waals surface area (Å²) in [6, 6.07) is 6.81. The molecule has 0 aliphatic heterocycles. The fraction of sp³-hybridized carbons (Fsp3) is 0.286. The summed E-state index contributed by atoms with van der Waals surface area (Å²) in [7, 11) is 1.74. The van der Waals surface area contributed by atoms with Crippen LogP contribution < -0.4 is 5.32 Å². The van der Waals surface area contributed by atoms with Crippen LogP contribution in [0.15, 0.2) is 24.3 Å². The highest BCUT2D eigenvalue weighted by atomic mass is 16.3. The zero-order valence-electron chi connectivity index (χ0n) is 11.3. The number of carbonyl (C=O) groups is 1. The molecule has 100 valence electrons. The number of anilines is 1. The summed E-state index contributed by atoms with van der Waals surface area (Å²) in [5.74, 6) is -0.0741. The third-order valence-corrected chi connectivity index (χ3v) is 2.99. The number of aryl methyl sites for hydroxylation is 3. The van der Waals surface area contributed by atoms with Gasteiger partial charge in [-0.05, 0) is 31.0 Å². The van der Waals surface area contributed by atoms with Crippen molar-refractivity contribution in [3.05, 3.63) is 41.2 Å². The quantitative estimate of drug-likeness (QED) is 0.888. The number of nitrogens with zero attached hydrogens (tertiary/aromatic N) is 2. The highest BCUT2D eigenvalue weighted by Gasteiger charge is 2.13. The molecule has 19 heavy (non-hydrogen) atoms. The fourth-order valence-corrected chi connectivity index (χ4v) is 1.79. The summed E-state index contributed by atoms with van der Waals surface area (Å²) in [4.78, 5) is 12.1. The standard InChI is InChI=1S/C14H17N3O2/c1-4-10-7-12(17(3)16-10)14(19)15-11-6-5-9(2)13(18)8-11/h5-8,18H,4H2,1-3H3,(H,15,19). The molecule has 0 aliphatic carbocycles. The number of phenols is 1. The number of aromatic nitrogens is 2. The maximum Gasteiger partial charge on any atom is 0.273 e. The first kappa shape index (κ1) is 13.1. The molecule has 0 radical (unpaired) electrons. The Morgan fingerprint density at radius 1 is 1.42 bits per heavy atom. The minimum atomic E-state index is -0.238. The van der Waals surface area contributed by atoms with Crippen molar-refractivity contribution in [1.29, 1.82) is 0 Å². The first-order chi connectivity index (χ1) is 9.01. The van der Waals surface area contributed by atoms with E-state index in [9.17, 15) is 9.90 Å². The average molecular weight is 259 g/mol. The highest BCUT2D eigenvalue weighted by Crippen LogP contribution is 2.21. The molecule has 0 saturated carbocycles. The predicted molar refractivity (Wildman–Crippen MR) is 73.4 cm³/mol. The molecule has 0 bridgehead atoms. The topological polar surface area (TPSA) is 67.2 Å². The Morgan fingerprint density at radius 2 is 2.16 bits per heavy atom. The lowest BCUT2D eigenvalue weighted by Gasteiger charge is -2.06. The van der Waals surface area contributed by atoms with Crippen LogP contribution in [0, 0.1) is 6.92 Å². The van der Waals surface area contributed by atoms with Crippen LogP contribution in [0.3, 0.4) is 0 Å². The minimum Gasteiger partial charge on any atom is -0.508 e. The van der Waals surface area contributed by atoms with Crippen LogP contribution in [-0.2, 0) is 13.5 Å². The molecular formula is C14H17N3O2. The molecule has 1 aromatic heterocycles. The monoisotopic (exact) mass is 259 g/mol. The van der Waals surface area contributed by atoms with E-state index in [-0.39, 0.29) is 11.7 Å². The lowest BCUT2D eigenvalue weighted by molar-refractivity contribution is 0.101. The third kappa shape index (κ3) is 2.76. The molecule has 1 aromatic carbocycles. The molecule has 0 fully saturated rings. The smallest absolute Gasteiger partial charge is 0.273 e. The predicted octanol–water partition coefficient (Wildman–Crippen LogP) is 2.25. The number of hydrogen-bond donors (Lipinski definition) is 2. The van der Waals surface area contributed by atoms with Gasteiger partial charge in [0.15, 0.2) is 0 Å². The van der Waals surface area contributed by atoms with Gasteiger partial charge < -0.3 is 10.4 Å². The molecule has 0 aliphatic rings. The normalized spacial score (nSPS) is 10.5. The molecule has 0 saturated heterocycles. The number of hydrogen-bond acceptors (Lipinski definition) is 3. The second-order valence-corrected chi connectivity index (χ2v) is 4.45. The fourth-order valence-electron chi connectivity index (χ4n) is 1.79. The number of aromatic hydroxyl groups is 1. The van der Waals surface area contributed by atoms with Gasteiger partial charge in [0.05, 0.1) is 5.69 Å². The Balaban J connectivity index is 2.20. The van der Waals surface area contributed by atoms with Crippen LogP contribution in [0.25, 0.3) is 0 Å². The van der Waals surface area contributed by atoms with E-state index in [0.29, 0.717) is 11.4 Å².